The van der Waals surface area contributed by atoms with Gasteiger partial charge in [-0.1, -0.05) is 51.1 Å². The summed E-state index contributed by atoms with van der Waals surface area (Å²) in [6.45, 7) is 7.41. The molecule has 0 N–H and O–H groups in total. The van der Waals surface area contributed by atoms with Gasteiger partial charge in [-0.3, -0.25) is 0 Å². The lowest BCUT2D eigenvalue weighted by Gasteiger charge is -2.21. The molecule has 0 bridgehead atoms. The molecule has 4 aromatic carbocycles. The number of para-hydroxylation sites is 1. The van der Waals surface area contributed by atoms with E-state index in [-0.39, 0.29) is 41.8 Å². The van der Waals surface area contributed by atoms with E-state index >= 15 is 0 Å². The van der Waals surface area contributed by atoms with Crippen LogP contribution < -0.4 is 35.9 Å². The molecule has 5 nitrogen and oxygen atoms in total. The molecule has 1 atom stereocenters. The number of hydrogen-bond donors (Lipinski definition) is 0. The number of methoxy groups -OCH3 is 3. The normalized spacial score (nSPS) is 12.3. The third-order valence-corrected chi connectivity index (χ3v) is 8.88. The van der Waals surface area contributed by atoms with Gasteiger partial charge in [0.05, 0.1) is 43.8 Å². The highest BCUT2D eigenvalue weighted by Gasteiger charge is 2.42. The number of rotatable bonds is 10. The molecule has 1 unspecified atom stereocenters. The van der Waals surface area contributed by atoms with Gasteiger partial charge in [0.1, 0.15) is 12.2 Å². The van der Waals surface area contributed by atoms with E-state index in [0.717, 1.165) is 27.6 Å². The van der Waals surface area contributed by atoms with Gasteiger partial charge in [0.2, 0.25) is 0 Å². The maximum Gasteiger partial charge on any atom is 0.422 e. The van der Waals surface area contributed by atoms with Gasteiger partial charge in [-0.25, -0.2) is 17.6 Å². The molecule has 0 saturated carbocycles. The standard InChI is InChI=1S/C39H37F7NO4.ClH/c1-21(22-11-13-25(14-12-22)38(2,3)4)36-26-18-30(50-7)29(49-6)17-23(26)15-16-47(36)19-24-9-8-10-28(48-5)37(24)51-20-27-32(40)34(42)31(39(44,45)46)35(43)33(27)41;/h8-18,21H,19-20H2,1-7H3;1H/q+1;/p-1. The largest absolute Gasteiger partial charge is 1.00 e. The number of alkyl halides is 3. The van der Waals surface area contributed by atoms with Crippen molar-refractivity contribution in [3.63, 3.8) is 0 Å². The third kappa shape index (κ3) is 7.72. The van der Waals surface area contributed by atoms with Crippen LogP contribution in [0.25, 0.3) is 10.8 Å². The van der Waals surface area contributed by atoms with Crippen molar-refractivity contribution in [1.29, 1.82) is 0 Å². The van der Waals surface area contributed by atoms with Gasteiger partial charge >= 0.3 is 6.18 Å². The Kier molecular flexibility index (Phi) is 11.9. The Morgan fingerprint density at radius 3 is 1.85 bits per heavy atom. The van der Waals surface area contributed by atoms with Crippen molar-refractivity contribution >= 4 is 10.8 Å². The van der Waals surface area contributed by atoms with Crippen molar-refractivity contribution in [1.82, 2.24) is 0 Å². The maximum atomic E-state index is 14.8. The van der Waals surface area contributed by atoms with E-state index < -0.39 is 47.2 Å². The Bertz CT molecular complexity index is 2050. The molecule has 0 aliphatic heterocycles. The van der Waals surface area contributed by atoms with Crippen molar-refractivity contribution in [3.05, 3.63) is 124 Å². The number of halogens is 8. The van der Waals surface area contributed by atoms with E-state index in [1.807, 2.05) is 29.0 Å². The molecule has 0 amide bonds. The zero-order valence-electron chi connectivity index (χ0n) is 29.4. The SMILES string of the molecule is COc1cc2cc[n+](Cc3cccc(OC)c3OCc3c(F)c(F)c(C(F)(F)F)c(F)c3F)c(C(C)c3ccc(C(C)(C)C)cc3)c2cc1OC.[Cl-]. The lowest BCUT2D eigenvalue weighted by molar-refractivity contribution is -0.695. The van der Waals surface area contributed by atoms with Gasteiger partial charge in [0.25, 0.3) is 0 Å². The molecule has 1 aromatic heterocycles. The van der Waals surface area contributed by atoms with E-state index in [1.54, 1.807) is 19.2 Å². The summed E-state index contributed by atoms with van der Waals surface area (Å²) in [6, 6.07) is 18.8. The van der Waals surface area contributed by atoms with E-state index in [1.165, 1.54) is 20.3 Å². The Labute approximate surface area is 303 Å². The van der Waals surface area contributed by atoms with Crippen LogP contribution in [0.4, 0.5) is 30.7 Å². The summed E-state index contributed by atoms with van der Waals surface area (Å²) in [7, 11) is 4.40. The molecule has 0 aliphatic rings. The van der Waals surface area contributed by atoms with Crippen molar-refractivity contribution in [2.45, 2.75) is 58.4 Å². The molecule has 0 fully saturated rings. The van der Waals surface area contributed by atoms with Crippen LogP contribution in [0.3, 0.4) is 0 Å². The smallest absolute Gasteiger partial charge is 0.422 e. The molecular formula is C39H37ClF7NO4. The number of hydrogen-bond acceptors (Lipinski definition) is 4. The van der Waals surface area contributed by atoms with E-state index in [2.05, 4.69) is 52.0 Å². The van der Waals surface area contributed by atoms with Crippen molar-refractivity contribution in [3.8, 4) is 23.0 Å². The van der Waals surface area contributed by atoms with Crippen molar-refractivity contribution in [2.75, 3.05) is 21.3 Å². The van der Waals surface area contributed by atoms with Crippen LogP contribution in [-0.2, 0) is 24.7 Å². The van der Waals surface area contributed by atoms with Crippen molar-refractivity contribution in [2.24, 2.45) is 0 Å². The fourth-order valence-corrected chi connectivity index (χ4v) is 6.10. The molecule has 52 heavy (non-hydrogen) atoms. The van der Waals surface area contributed by atoms with Crippen LogP contribution in [0.5, 0.6) is 23.0 Å². The number of ether oxygens (including phenoxy) is 4. The highest BCUT2D eigenvalue weighted by molar-refractivity contribution is 5.87. The van der Waals surface area contributed by atoms with E-state index in [9.17, 15) is 30.7 Å². The Morgan fingerprint density at radius 2 is 1.31 bits per heavy atom. The van der Waals surface area contributed by atoms with Gasteiger partial charge in [-0.05, 0) is 53.1 Å². The second-order valence-electron chi connectivity index (χ2n) is 13.1. The summed E-state index contributed by atoms with van der Waals surface area (Å²) in [5.41, 5.74) is -0.595. The fraction of sp³-hybridized carbons (Fsp3) is 0.308. The summed E-state index contributed by atoms with van der Waals surface area (Å²) in [6.07, 6.45) is -3.81. The minimum absolute atomic E-state index is 0. The molecular weight excluding hydrogens is 715 g/mol. The summed E-state index contributed by atoms with van der Waals surface area (Å²) in [4.78, 5) is 0. The minimum atomic E-state index is -5.67. The average molecular weight is 752 g/mol. The van der Waals surface area contributed by atoms with Crippen LogP contribution in [-0.4, -0.2) is 21.3 Å². The van der Waals surface area contributed by atoms with Crippen LogP contribution in [0, 0.1) is 23.3 Å². The summed E-state index contributed by atoms with van der Waals surface area (Å²) in [5, 5.41) is 1.70. The second kappa shape index (κ2) is 15.5. The lowest BCUT2D eigenvalue weighted by atomic mass is 9.85. The summed E-state index contributed by atoms with van der Waals surface area (Å²) in [5.74, 6) is -8.62. The third-order valence-electron chi connectivity index (χ3n) is 8.88. The Balaban J connectivity index is 0.00000605. The molecule has 0 saturated heterocycles. The summed E-state index contributed by atoms with van der Waals surface area (Å²) >= 11 is 0. The zero-order chi connectivity index (χ0) is 37.4. The summed E-state index contributed by atoms with van der Waals surface area (Å²) < 4.78 is 122. The monoisotopic (exact) mass is 751 g/mol. The molecule has 13 heteroatoms. The minimum Gasteiger partial charge on any atom is -1.00 e. The van der Waals surface area contributed by atoms with Crippen LogP contribution >= 0.6 is 0 Å². The quantitative estimate of drug-likeness (QED) is 0.0895. The van der Waals surface area contributed by atoms with Crippen LogP contribution in [0.15, 0.2) is 66.9 Å². The number of pyridine rings is 1. The first-order chi connectivity index (χ1) is 24.0. The maximum absolute atomic E-state index is 14.8. The Morgan fingerprint density at radius 1 is 0.731 bits per heavy atom. The zero-order valence-corrected chi connectivity index (χ0v) is 30.2. The number of nitrogens with zero attached hydrogens (tertiary/aromatic N) is 1. The van der Waals surface area contributed by atoms with Gasteiger partial charge in [0, 0.05) is 6.07 Å². The Hall–Kier alpha value is -4.71. The number of benzene rings is 4. The predicted octanol–water partition coefficient (Wildman–Crippen LogP) is 6.81. The second-order valence-corrected chi connectivity index (χ2v) is 13.1. The highest BCUT2D eigenvalue weighted by atomic mass is 35.5. The molecule has 278 valence electrons. The molecule has 0 aliphatic carbocycles. The molecule has 0 spiro atoms. The van der Waals surface area contributed by atoms with Gasteiger partial charge in [-0.15, -0.1) is 0 Å². The van der Waals surface area contributed by atoms with E-state index in [4.69, 9.17) is 18.9 Å². The first-order valence-corrected chi connectivity index (χ1v) is 15.9. The average Bonchev–Trinajstić information content (AvgIpc) is 3.09. The first-order valence-electron chi connectivity index (χ1n) is 15.9. The molecule has 0 radical (unpaired) electrons. The van der Waals surface area contributed by atoms with Crippen LogP contribution in [0.2, 0.25) is 0 Å². The van der Waals surface area contributed by atoms with Gasteiger partial charge in [0.15, 0.2) is 64.7 Å². The fourth-order valence-electron chi connectivity index (χ4n) is 6.10. The molecule has 5 rings (SSSR count). The first kappa shape index (κ1) is 40.1. The highest BCUT2D eigenvalue weighted by Crippen LogP contribution is 2.40. The molecule has 1 heterocycles. The number of fused-ring (bicyclic) bond motifs is 1. The molecule has 5 aromatic rings. The van der Waals surface area contributed by atoms with E-state index in [0.29, 0.717) is 17.1 Å². The van der Waals surface area contributed by atoms with Gasteiger partial charge < -0.3 is 31.4 Å². The number of aromatic nitrogens is 1. The predicted molar refractivity (Wildman–Crippen MR) is 178 cm³/mol. The lowest BCUT2D eigenvalue weighted by Crippen LogP contribution is -3.00. The topological polar surface area (TPSA) is 40.8 Å². The van der Waals surface area contributed by atoms with Crippen molar-refractivity contribution < 1.29 is 66.7 Å². The van der Waals surface area contributed by atoms with Crippen LogP contribution in [0.1, 0.15) is 67.1 Å². The van der Waals surface area contributed by atoms with Gasteiger partial charge in [-0.2, -0.15) is 17.7 Å².